The first-order valence-electron chi connectivity index (χ1n) is 8.98. The van der Waals surface area contributed by atoms with E-state index in [9.17, 15) is 0 Å². The molecule has 1 atom stereocenters. The Labute approximate surface area is 163 Å². The molecule has 3 aromatic rings. The molecule has 6 heteroatoms. The van der Waals surface area contributed by atoms with Gasteiger partial charge in [0.2, 0.25) is 0 Å². The molecule has 140 valence electrons. The fourth-order valence-corrected chi connectivity index (χ4v) is 3.40. The number of hydrogen-bond donors (Lipinski definition) is 1. The maximum atomic E-state index is 6.01. The van der Waals surface area contributed by atoms with Crippen molar-refractivity contribution in [3.63, 3.8) is 0 Å². The normalized spacial score (nSPS) is 16.1. The number of methoxy groups -OCH3 is 1. The standard InChI is InChI=1S/C21H22ClN3O2/c1-26-18-8-2-15(3-9-18)10-23-11-19-13-25-20(12-24-21(25)14-27-19)16-4-6-17(22)7-5-16/h2-9,12,19,23H,10-11,13-14H2,1H3. The molecule has 4 rings (SSSR count). The van der Waals surface area contributed by atoms with Gasteiger partial charge in [-0.15, -0.1) is 0 Å². The monoisotopic (exact) mass is 383 g/mol. The first kappa shape index (κ1) is 18.0. The second-order valence-corrected chi connectivity index (χ2v) is 7.03. The summed E-state index contributed by atoms with van der Waals surface area (Å²) < 4.78 is 13.4. The van der Waals surface area contributed by atoms with E-state index in [4.69, 9.17) is 21.1 Å². The lowest BCUT2D eigenvalue weighted by Gasteiger charge is -2.26. The highest BCUT2D eigenvalue weighted by Gasteiger charge is 2.22. The number of fused-ring (bicyclic) bond motifs is 1. The lowest BCUT2D eigenvalue weighted by Crippen LogP contribution is -2.36. The number of aromatic nitrogens is 2. The minimum atomic E-state index is 0.107. The van der Waals surface area contributed by atoms with Crippen LogP contribution in [0.25, 0.3) is 11.3 Å². The van der Waals surface area contributed by atoms with Crippen LogP contribution < -0.4 is 10.1 Å². The number of halogens is 1. The average molecular weight is 384 g/mol. The summed E-state index contributed by atoms with van der Waals surface area (Å²) in [5, 5.41) is 4.22. The van der Waals surface area contributed by atoms with Crippen molar-refractivity contribution in [1.29, 1.82) is 0 Å². The highest BCUT2D eigenvalue weighted by atomic mass is 35.5. The fourth-order valence-electron chi connectivity index (χ4n) is 3.28. The van der Waals surface area contributed by atoms with E-state index >= 15 is 0 Å². The summed E-state index contributed by atoms with van der Waals surface area (Å²) >= 11 is 6.01. The minimum absolute atomic E-state index is 0.107. The molecule has 0 radical (unpaired) electrons. The molecule has 1 aliphatic rings. The van der Waals surface area contributed by atoms with E-state index in [0.717, 1.165) is 47.5 Å². The molecule has 0 saturated carbocycles. The number of benzene rings is 2. The molecule has 2 aromatic carbocycles. The number of imidazole rings is 1. The number of ether oxygens (including phenoxy) is 2. The fraction of sp³-hybridized carbons (Fsp3) is 0.286. The van der Waals surface area contributed by atoms with Crippen LogP contribution >= 0.6 is 11.6 Å². The molecule has 2 heterocycles. The van der Waals surface area contributed by atoms with Crippen molar-refractivity contribution in [2.45, 2.75) is 25.8 Å². The van der Waals surface area contributed by atoms with Crippen molar-refractivity contribution in [2.75, 3.05) is 13.7 Å². The Bertz CT molecular complexity index is 891. The molecular formula is C21H22ClN3O2. The van der Waals surface area contributed by atoms with Crippen LogP contribution in [0.15, 0.2) is 54.7 Å². The number of nitrogens with zero attached hydrogens (tertiary/aromatic N) is 2. The van der Waals surface area contributed by atoms with Crippen LogP contribution in [-0.2, 0) is 24.4 Å². The maximum absolute atomic E-state index is 6.01. The molecule has 0 saturated heterocycles. The van der Waals surface area contributed by atoms with Crippen LogP contribution in [0.4, 0.5) is 0 Å². The molecule has 1 aliphatic heterocycles. The van der Waals surface area contributed by atoms with Crippen LogP contribution in [0.5, 0.6) is 5.75 Å². The zero-order valence-electron chi connectivity index (χ0n) is 15.2. The third kappa shape index (κ3) is 4.16. The van der Waals surface area contributed by atoms with E-state index in [1.54, 1.807) is 7.11 Å². The van der Waals surface area contributed by atoms with Gasteiger partial charge in [-0.2, -0.15) is 0 Å². The van der Waals surface area contributed by atoms with Gasteiger partial charge in [0.15, 0.2) is 0 Å². The Balaban J connectivity index is 1.37. The van der Waals surface area contributed by atoms with Gasteiger partial charge in [-0.05, 0) is 35.4 Å². The van der Waals surface area contributed by atoms with Crippen LogP contribution in [0.1, 0.15) is 11.4 Å². The second kappa shape index (κ2) is 8.13. The van der Waals surface area contributed by atoms with Crippen molar-refractivity contribution >= 4 is 11.6 Å². The van der Waals surface area contributed by atoms with Gasteiger partial charge < -0.3 is 19.4 Å². The first-order chi connectivity index (χ1) is 13.2. The van der Waals surface area contributed by atoms with Crippen LogP contribution in [0.2, 0.25) is 5.02 Å². The van der Waals surface area contributed by atoms with E-state index < -0.39 is 0 Å². The quantitative estimate of drug-likeness (QED) is 0.701. The van der Waals surface area contributed by atoms with E-state index in [2.05, 4.69) is 27.0 Å². The summed E-state index contributed by atoms with van der Waals surface area (Å²) in [6.07, 6.45) is 2.02. The van der Waals surface area contributed by atoms with Gasteiger partial charge in [0.1, 0.15) is 18.2 Å². The van der Waals surface area contributed by atoms with Gasteiger partial charge in [-0.3, -0.25) is 0 Å². The average Bonchev–Trinajstić information content (AvgIpc) is 3.12. The smallest absolute Gasteiger partial charge is 0.135 e. The molecule has 0 spiro atoms. The zero-order chi connectivity index (χ0) is 18.6. The number of hydrogen-bond acceptors (Lipinski definition) is 4. The van der Waals surface area contributed by atoms with E-state index in [1.807, 2.05) is 42.6 Å². The van der Waals surface area contributed by atoms with Crippen LogP contribution in [0, 0.1) is 0 Å². The van der Waals surface area contributed by atoms with Crippen molar-refractivity contribution in [1.82, 2.24) is 14.9 Å². The van der Waals surface area contributed by atoms with E-state index in [0.29, 0.717) is 6.61 Å². The summed E-state index contributed by atoms with van der Waals surface area (Å²) in [7, 11) is 1.68. The molecule has 5 nitrogen and oxygen atoms in total. The van der Waals surface area contributed by atoms with E-state index in [-0.39, 0.29) is 6.10 Å². The van der Waals surface area contributed by atoms with Crippen LogP contribution in [0.3, 0.4) is 0 Å². The largest absolute Gasteiger partial charge is 0.497 e. The predicted octanol–water partition coefficient (Wildman–Crippen LogP) is 3.90. The van der Waals surface area contributed by atoms with Gasteiger partial charge in [0.05, 0.1) is 31.6 Å². The van der Waals surface area contributed by atoms with Gasteiger partial charge in [-0.25, -0.2) is 4.98 Å². The Kier molecular flexibility index (Phi) is 5.43. The number of nitrogens with one attached hydrogen (secondary N) is 1. The third-order valence-electron chi connectivity index (χ3n) is 4.77. The molecule has 1 N–H and O–H groups in total. The minimum Gasteiger partial charge on any atom is -0.497 e. The Morgan fingerprint density at radius 1 is 1.19 bits per heavy atom. The Hall–Kier alpha value is -2.34. The SMILES string of the molecule is COc1ccc(CNCC2Cn3c(-c4ccc(Cl)cc4)cnc3CO2)cc1. The van der Waals surface area contributed by atoms with Gasteiger partial charge in [0.25, 0.3) is 0 Å². The van der Waals surface area contributed by atoms with Crippen molar-refractivity contribution < 1.29 is 9.47 Å². The molecule has 0 fully saturated rings. The van der Waals surface area contributed by atoms with Crippen molar-refractivity contribution in [2.24, 2.45) is 0 Å². The van der Waals surface area contributed by atoms with Crippen molar-refractivity contribution in [3.05, 3.63) is 71.1 Å². The molecule has 0 bridgehead atoms. The van der Waals surface area contributed by atoms with Gasteiger partial charge in [0, 0.05) is 18.1 Å². The van der Waals surface area contributed by atoms with Crippen LogP contribution in [-0.4, -0.2) is 29.3 Å². The molecule has 27 heavy (non-hydrogen) atoms. The maximum Gasteiger partial charge on any atom is 0.135 e. The summed E-state index contributed by atoms with van der Waals surface area (Å²) in [6, 6.07) is 16.0. The predicted molar refractivity (Wildman–Crippen MR) is 106 cm³/mol. The number of rotatable bonds is 6. The topological polar surface area (TPSA) is 48.3 Å². The first-order valence-corrected chi connectivity index (χ1v) is 9.36. The molecule has 0 amide bonds. The summed E-state index contributed by atoms with van der Waals surface area (Å²) in [6.45, 7) is 2.89. The lowest BCUT2D eigenvalue weighted by molar-refractivity contribution is 0.00326. The van der Waals surface area contributed by atoms with E-state index in [1.165, 1.54) is 5.56 Å². The summed E-state index contributed by atoms with van der Waals surface area (Å²) in [5.74, 6) is 1.84. The van der Waals surface area contributed by atoms with Gasteiger partial charge >= 0.3 is 0 Å². The molecule has 0 aliphatic carbocycles. The Morgan fingerprint density at radius 3 is 2.70 bits per heavy atom. The summed E-state index contributed by atoms with van der Waals surface area (Å²) in [5.41, 5.74) is 3.44. The third-order valence-corrected chi connectivity index (χ3v) is 5.02. The molecular weight excluding hydrogens is 362 g/mol. The molecule has 1 unspecified atom stereocenters. The highest BCUT2D eigenvalue weighted by molar-refractivity contribution is 6.30. The van der Waals surface area contributed by atoms with Crippen molar-refractivity contribution in [3.8, 4) is 17.0 Å². The highest BCUT2D eigenvalue weighted by Crippen LogP contribution is 2.26. The summed E-state index contributed by atoms with van der Waals surface area (Å²) in [4.78, 5) is 4.51. The van der Waals surface area contributed by atoms with Gasteiger partial charge in [-0.1, -0.05) is 35.9 Å². The molecule has 1 aromatic heterocycles. The lowest BCUT2D eigenvalue weighted by atomic mass is 10.1. The Morgan fingerprint density at radius 2 is 1.96 bits per heavy atom. The zero-order valence-corrected chi connectivity index (χ0v) is 15.9. The second-order valence-electron chi connectivity index (χ2n) is 6.59.